The van der Waals surface area contributed by atoms with Crippen molar-refractivity contribution in [1.29, 1.82) is 0 Å². The van der Waals surface area contributed by atoms with Crippen LogP contribution in [0, 0.1) is 20.8 Å². The first-order chi connectivity index (χ1) is 10.6. The molecular formula is C17H18N4O. The van der Waals surface area contributed by atoms with Crippen LogP contribution in [-0.4, -0.2) is 14.5 Å². The van der Waals surface area contributed by atoms with Crippen LogP contribution in [0.2, 0.25) is 0 Å². The molecule has 0 aliphatic rings. The highest BCUT2D eigenvalue weighted by atomic mass is 16.3. The third-order valence-corrected chi connectivity index (χ3v) is 3.84. The SMILES string of the molecule is Cc1cccc(N=Nc2c(C)nc3cc(CO)ccn23)c1C. The Bertz CT molecular complexity index is 864. The molecule has 3 aromatic rings. The van der Waals surface area contributed by atoms with Crippen LogP contribution in [0.1, 0.15) is 22.4 Å². The van der Waals surface area contributed by atoms with Gasteiger partial charge >= 0.3 is 0 Å². The van der Waals surface area contributed by atoms with Crippen LogP contribution in [-0.2, 0) is 6.61 Å². The Hall–Kier alpha value is -2.53. The zero-order valence-corrected chi connectivity index (χ0v) is 12.9. The molecule has 1 N–H and O–H groups in total. The zero-order chi connectivity index (χ0) is 15.7. The monoisotopic (exact) mass is 294 g/mol. The summed E-state index contributed by atoms with van der Waals surface area (Å²) in [6.07, 6.45) is 1.86. The van der Waals surface area contributed by atoms with Gasteiger partial charge in [0.25, 0.3) is 0 Å². The number of azo groups is 1. The molecule has 112 valence electrons. The Morgan fingerprint density at radius 3 is 2.73 bits per heavy atom. The van der Waals surface area contributed by atoms with Crippen molar-refractivity contribution < 1.29 is 5.11 Å². The van der Waals surface area contributed by atoms with Crippen LogP contribution in [0.15, 0.2) is 46.8 Å². The van der Waals surface area contributed by atoms with E-state index in [-0.39, 0.29) is 6.61 Å². The summed E-state index contributed by atoms with van der Waals surface area (Å²) in [6, 6.07) is 9.69. The molecule has 1 aromatic carbocycles. The number of hydrogen-bond donors (Lipinski definition) is 1. The molecule has 2 aromatic heterocycles. The highest BCUT2D eigenvalue weighted by Crippen LogP contribution is 2.26. The number of hydrogen-bond acceptors (Lipinski definition) is 4. The molecule has 3 rings (SSSR count). The molecule has 5 heteroatoms. The number of benzene rings is 1. The lowest BCUT2D eigenvalue weighted by molar-refractivity contribution is 0.282. The van der Waals surface area contributed by atoms with E-state index >= 15 is 0 Å². The second-order valence-corrected chi connectivity index (χ2v) is 5.36. The van der Waals surface area contributed by atoms with Gasteiger partial charge in [0.1, 0.15) is 5.65 Å². The minimum atomic E-state index is 0.00173. The topological polar surface area (TPSA) is 62.2 Å². The Morgan fingerprint density at radius 1 is 1.14 bits per heavy atom. The molecule has 0 atom stereocenters. The number of fused-ring (bicyclic) bond motifs is 1. The maximum Gasteiger partial charge on any atom is 0.182 e. The third kappa shape index (κ3) is 2.51. The van der Waals surface area contributed by atoms with Crippen LogP contribution in [0.5, 0.6) is 0 Å². The zero-order valence-electron chi connectivity index (χ0n) is 12.9. The van der Waals surface area contributed by atoms with Gasteiger partial charge in [-0.05, 0) is 55.7 Å². The Morgan fingerprint density at radius 2 is 1.95 bits per heavy atom. The second kappa shape index (κ2) is 5.69. The van der Waals surface area contributed by atoms with Crippen molar-refractivity contribution in [2.45, 2.75) is 27.4 Å². The van der Waals surface area contributed by atoms with Crippen molar-refractivity contribution in [2.75, 3.05) is 0 Å². The van der Waals surface area contributed by atoms with E-state index in [4.69, 9.17) is 0 Å². The second-order valence-electron chi connectivity index (χ2n) is 5.36. The number of pyridine rings is 1. The molecule has 2 heterocycles. The number of aromatic nitrogens is 2. The quantitative estimate of drug-likeness (QED) is 0.737. The normalized spacial score (nSPS) is 11.6. The molecular weight excluding hydrogens is 276 g/mol. The lowest BCUT2D eigenvalue weighted by Crippen LogP contribution is -1.88. The number of imidazole rings is 1. The van der Waals surface area contributed by atoms with Gasteiger partial charge in [-0.3, -0.25) is 4.40 Å². The first-order valence-corrected chi connectivity index (χ1v) is 7.16. The summed E-state index contributed by atoms with van der Waals surface area (Å²) >= 11 is 0. The van der Waals surface area contributed by atoms with Crippen LogP contribution in [0.3, 0.4) is 0 Å². The van der Waals surface area contributed by atoms with Gasteiger partial charge in [0.2, 0.25) is 0 Å². The van der Waals surface area contributed by atoms with Gasteiger partial charge in [-0.2, -0.15) is 0 Å². The predicted molar refractivity (Wildman–Crippen MR) is 85.9 cm³/mol. The Balaban J connectivity index is 2.05. The average molecular weight is 294 g/mol. The van der Waals surface area contributed by atoms with Gasteiger partial charge in [0, 0.05) is 6.20 Å². The highest BCUT2D eigenvalue weighted by Gasteiger charge is 2.09. The maximum atomic E-state index is 9.20. The van der Waals surface area contributed by atoms with E-state index in [1.807, 2.05) is 48.7 Å². The number of aliphatic hydroxyl groups excluding tert-OH is 1. The molecule has 0 fully saturated rings. The van der Waals surface area contributed by atoms with E-state index in [1.54, 1.807) is 0 Å². The van der Waals surface area contributed by atoms with Crippen LogP contribution in [0.4, 0.5) is 11.5 Å². The molecule has 0 radical (unpaired) electrons. The Kier molecular flexibility index (Phi) is 3.73. The fourth-order valence-corrected chi connectivity index (χ4v) is 2.36. The minimum absolute atomic E-state index is 0.00173. The van der Waals surface area contributed by atoms with E-state index in [0.717, 1.165) is 28.2 Å². The van der Waals surface area contributed by atoms with Gasteiger partial charge in [-0.1, -0.05) is 12.1 Å². The molecule has 0 saturated carbocycles. The van der Waals surface area contributed by atoms with E-state index < -0.39 is 0 Å². The van der Waals surface area contributed by atoms with Crippen molar-refractivity contribution in [3.05, 3.63) is 58.9 Å². The van der Waals surface area contributed by atoms with Crippen molar-refractivity contribution in [3.8, 4) is 0 Å². The van der Waals surface area contributed by atoms with Crippen molar-refractivity contribution in [3.63, 3.8) is 0 Å². The van der Waals surface area contributed by atoms with Gasteiger partial charge < -0.3 is 5.11 Å². The van der Waals surface area contributed by atoms with E-state index in [1.165, 1.54) is 5.56 Å². The summed E-state index contributed by atoms with van der Waals surface area (Å²) in [5.41, 5.74) is 5.58. The molecule has 0 amide bonds. The van der Waals surface area contributed by atoms with E-state index in [9.17, 15) is 5.11 Å². The molecule has 0 aliphatic heterocycles. The minimum Gasteiger partial charge on any atom is -0.392 e. The lowest BCUT2D eigenvalue weighted by atomic mass is 10.1. The van der Waals surface area contributed by atoms with Crippen LogP contribution < -0.4 is 0 Å². The number of nitrogens with zero attached hydrogens (tertiary/aromatic N) is 4. The summed E-state index contributed by atoms with van der Waals surface area (Å²) in [5.74, 6) is 0.709. The molecule has 0 aliphatic carbocycles. The van der Waals surface area contributed by atoms with Crippen molar-refractivity contribution >= 4 is 17.2 Å². The van der Waals surface area contributed by atoms with Gasteiger partial charge in [-0.15, -0.1) is 10.2 Å². The summed E-state index contributed by atoms with van der Waals surface area (Å²) in [4.78, 5) is 4.47. The fourth-order valence-electron chi connectivity index (χ4n) is 2.36. The molecule has 0 unspecified atom stereocenters. The predicted octanol–water partition coefficient (Wildman–Crippen LogP) is 4.17. The Labute approximate surface area is 129 Å². The lowest BCUT2D eigenvalue weighted by Gasteiger charge is -2.02. The average Bonchev–Trinajstić information content (AvgIpc) is 2.83. The molecule has 0 bridgehead atoms. The van der Waals surface area contributed by atoms with Gasteiger partial charge in [-0.25, -0.2) is 4.98 Å². The highest BCUT2D eigenvalue weighted by molar-refractivity contribution is 5.54. The molecule has 0 spiro atoms. The maximum absolute atomic E-state index is 9.20. The van der Waals surface area contributed by atoms with Gasteiger partial charge in [0.05, 0.1) is 18.0 Å². The molecule has 5 nitrogen and oxygen atoms in total. The van der Waals surface area contributed by atoms with Gasteiger partial charge in [0.15, 0.2) is 5.82 Å². The summed E-state index contributed by atoms with van der Waals surface area (Å²) < 4.78 is 1.88. The fraction of sp³-hybridized carbons (Fsp3) is 0.235. The standard InChI is InChI=1S/C17H18N4O/c1-11-5-4-6-15(12(11)2)19-20-17-13(3)18-16-9-14(10-22)7-8-21(16)17/h4-9,22H,10H2,1-3H3. The van der Waals surface area contributed by atoms with E-state index in [0.29, 0.717) is 5.82 Å². The molecule has 0 saturated heterocycles. The van der Waals surface area contributed by atoms with Crippen molar-refractivity contribution in [1.82, 2.24) is 9.38 Å². The largest absolute Gasteiger partial charge is 0.392 e. The first-order valence-electron chi connectivity index (χ1n) is 7.16. The number of rotatable bonds is 3. The summed E-state index contributed by atoms with van der Waals surface area (Å²) in [5, 5.41) is 18.0. The van der Waals surface area contributed by atoms with E-state index in [2.05, 4.69) is 28.2 Å². The van der Waals surface area contributed by atoms with Crippen LogP contribution in [0.25, 0.3) is 5.65 Å². The summed E-state index contributed by atoms with van der Waals surface area (Å²) in [7, 11) is 0. The van der Waals surface area contributed by atoms with Crippen LogP contribution >= 0.6 is 0 Å². The summed E-state index contributed by atoms with van der Waals surface area (Å²) in [6.45, 7) is 6.01. The first kappa shape index (κ1) is 14.4. The smallest absolute Gasteiger partial charge is 0.182 e. The number of aryl methyl sites for hydroxylation is 2. The molecule has 22 heavy (non-hydrogen) atoms. The third-order valence-electron chi connectivity index (χ3n) is 3.84. The number of aliphatic hydroxyl groups is 1. The van der Waals surface area contributed by atoms with Crippen molar-refractivity contribution in [2.24, 2.45) is 10.2 Å².